The number of hydrogen-bond donors (Lipinski definition) is 0. The second kappa shape index (κ2) is 17.8. The Kier molecular flexibility index (Phi) is 12.3. The Morgan fingerprint density at radius 1 is 0.492 bits per heavy atom. The third kappa shape index (κ3) is 9.50. The summed E-state index contributed by atoms with van der Waals surface area (Å²) in [6.45, 7) is 8.58. The second-order valence-electron chi connectivity index (χ2n) is 16.5. The molecule has 314 valence electrons. The fourth-order valence-electron chi connectivity index (χ4n) is 8.52. The SMILES string of the molecule is CC1(C)O[C@H]2[C@@H](O1)[C@@H](COC1O[C@@H]3CO[C@@H](c4ccccc4)O[C@H]3[C@H](OCc3ccccc3)[C@@H](OCc3ccccc3)[C@@H]1OCc1ccccc1)O[C@@H]1OC(C)(C)O[C@@H]12. The molecule has 5 heterocycles. The van der Waals surface area contributed by atoms with Gasteiger partial charge in [0.1, 0.15) is 54.9 Å². The molecule has 12 heteroatoms. The summed E-state index contributed by atoms with van der Waals surface area (Å²) in [4.78, 5) is 0. The summed E-state index contributed by atoms with van der Waals surface area (Å²) in [5, 5.41) is 0. The summed E-state index contributed by atoms with van der Waals surface area (Å²) in [7, 11) is 0. The predicted molar refractivity (Wildman–Crippen MR) is 212 cm³/mol. The smallest absolute Gasteiger partial charge is 0.190 e. The third-order valence-corrected chi connectivity index (χ3v) is 11.2. The van der Waals surface area contributed by atoms with Gasteiger partial charge in [0.05, 0.1) is 33.0 Å². The standard InChI is InChI=1S/C47H54O12/c1-46(2)56-37-35(54-45-42(40(37)57-46)58-47(3,4)59-45)29-52-44-41(50-27-32-21-13-7-14-22-32)39(49-26-31-19-11-6-12-20-31)38(48-25-30-17-9-5-10-18-30)36-34(53-44)28-51-43(55-36)33-23-15-8-16-24-33/h5-24,34-45H,25-29H2,1-4H3/t34-,35-,36-,37+,38+,39-,40+,41+,42-,43-,44?,45-/m1/s1. The van der Waals surface area contributed by atoms with E-state index in [9.17, 15) is 0 Å². The highest BCUT2D eigenvalue weighted by Crippen LogP contribution is 2.45. The molecule has 5 fully saturated rings. The highest BCUT2D eigenvalue weighted by atomic mass is 16.9. The fourth-order valence-corrected chi connectivity index (χ4v) is 8.52. The van der Waals surface area contributed by atoms with Crippen LogP contribution in [0.3, 0.4) is 0 Å². The molecule has 1 unspecified atom stereocenters. The topological polar surface area (TPSA) is 111 Å². The third-order valence-electron chi connectivity index (χ3n) is 11.2. The van der Waals surface area contributed by atoms with Gasteiger partial charge in [-0.2, -0.15) is 0 Å². The molecule has 59 heavy (non-hydrogen) atoms. The molecular formula is C47H54O12. The lowest BCUT2D eigenvalue weighted by molar-refractivity contribution is -0.314. The zero-order valence-corrected chi connectivity index (χ0v) is 33.9. The van der Waals surface area contributed by atoms with Crippen molar-refractivity contribution in [3.63, 3.8) is 0 Å². The molecule has 5 saturated heterocycles. The Bertz CT molecular complexity index is 1920. The van der Waals surface area contributed by atoms with E-state index in [4.69, 9.17) is 56.8 Å². The first-order valence-electron chi connectivity index (χ1n) is 20.6. The number of benzene rings is 4. The van der Waals surface area contributed by atoms with Gasteiger partial charge in [-0.1, -0.05) is 121 Å². The quantitative estimate of drug-likeness (QED) is 0.139. The van der Waals surface area contributed by atoms with E-state index >= 15 is 0 Å². The van der Waals surface area contributed by atoms with Gasteiger partial charge in [-0.3, -0.25) is 0 Å². The Morgan fingerprint density at radius 2 is 1.00 bits per heavy atom. The van der Waals surface area contributed by atoms with E-state index in [0.717, 1.165) is 22.3 Å². The van der Waals surface area contributed by atoms with E-state index in [1.54, 1.807) is 0 Å². The van der Waals surface area contributed by atoms with Gasteiger partial charge in [-0.15, -0.1) is 0 Å². The van der Waals surface area contributed by atoms with Crippen molar-refractivity contribution in [1.82, 2.24) is 0 Å². The van der Waals surface area contributed by atoms with Crippen LogP contribution in [0.1, 0.15) is 56.2 Å². The Balaban J connectivity index is 1.07. The minimum absolute atomic E-state index is 0.0518. The summed E-state index contributed by atoms with van der Waals surface area (Å²) in [6, 6.07) is 40.0. The highest BCUT2D eigenvalue weighted by Gasteiger charge is 2.61. The van der Waals surface area contributed by atoms with Gasteiger partial charge in [-0.25, -0.2) is 0 Å². The van der Waals surface area contributed by atoms with Gasteiger partial charge < -0.3 is 56.8 Å². The zero-order chi connectivity index (χ0) is 40.4. The Labute approximate surface area is 345 Å². The van der Waals surface area contributed by atoms with Gasteiger partial charge in [0.25, 0.3) is 0 Å². The lowest BCUT2D eigenvalue weighted by Gasteiger charge is -2.40. The maximum Gasteiger partial charge on any atom is 0.190 e. The predicted octanol–water partition coefficient (Wildman–Crippen LogP) is 6.99. The maximum absolute atomic E-state index is 7.00. The minimum atomic E-state index is -0.995. The number of hydrogen-bond acceptors (Lipinski definition) is 12. The summed E-state index contributed by atoms with van der Waals surface area (Å²) < 4.78 is 79.9. The van der Waals surface area contributed by atoms with Crippen molar-refractivity contribution in [2.45, 2.75) is 133 Å². The van der Waals surface area contributed by atoms with E-state index in [0.29, 0.717) is 6.61 Å². The molecule has 0 N–H and O–H groups in total. The largest absolute Gasteiger partial charge is 0.368 e. The summed E-state index contributed by atoms with van der Waals surface area (Å²) in [5.74, 6) is -1.74. The van der Waals surface area contributed by atoms with Crippen LogP contribution in [-0.2, 0) is 76.7 Å². The molecular weight excluding hydrogens is 757 g/mol. The normalized spacial score (nSPS) is 34.6. The molecule has 0 spiro atoms. The van der Waals surface area contributed by atoms with Gasteiger partial charge in [0.15, 0.2) is 30.4 Å². The summed E-state index contributed by atoms with van der Waals surface area (Å²) >= 11 is 0. The highest BCUT2D eigenvalue weighted by molar-refractivity contribution is 5.18. The lowest BCUT2D eigenvalue weighted by Crippen LogP contribution is -2.57. The summed E-state index contributed by atoms with van der Waals surface area (Å²) in [5.41, 5.74) is 3.85. The maximum atomic E-state index is 7.00. The molecule has 5 aliphatic rings. The van der Waals surface area contributed by atoms with Gasteiger partial charge >= 0.3 is 0 Å². The molecule has 9 rings (SSSR count). The van der Waals surface area contributed by atoms with Crippen molar-refractivity contribution < 1.29 is 56.8 Å². The lowest BCUT2D eigenvalue weighted by atomic mass is 9.98. The average Bonchev–Trinajstić information content (AvgIpc) is 3.72. The first-order chi connectivity index (χ1) is 28.7. The van der Waals surface area contributed by atoms with Crippen LogP contribution in [-0.4, -0.2) is 92.3 Å². The molecule has 0 aromatic heterocycles. The van der Waals surface area contributed by atoms with Gasteiger partial charge in [-0.05, 0) is 44.4 Å². The van der Waals surface area contributed by atoms with Crippen LogP contribution in [0.15, 0.2) is 121 Å². The average molecular weight is 811 g/mol. The molecule has 12 nitrogen and oxygen atoms in total. The number of ether oxygens (including phenoxy) is 12. The fraction of sp³-hybridized carbons (Fsp3) is 0.489. The molecule has 0 aliphatic carbocycles. The molecule has 12 atom stereocenters. The first-order valence-corrected chi connectivity index (χ1v) is 20.6. The summed E-state index contributed by atoms with van der Waals surface area (Å²) in [6.07, 6.45) is -7.92. The van der Waals surface area contributed by atoms with Crippen LogP contribution in [0, 0.1) is 0 Å². The first kappa shape index (κ1) is 40.8. The van der Waals surface area contributed by atoms with E-state index in [-0.39, 0.29) is 26.4 Å². The minimum Gasteiger partial charge on any atom is -0.368 e. The number of fused-ring (bicyclic) bond motifs is 4. The molecule has 0 amide bonds. The van der Waals surface area contributed by atoms with Crippen LogP contribution in [0.2, 0.25) is 0 Å². The Morgan fingerprint density at radius 3 is 1.61 bits per heavy atom. The van der Waals surface area contributed by atoms with E-state index in [2.05, 4.69) is 0 Å². The van der Waals surface area contributed by atoms with Crippen molar-refractivity contribution in [3.05, 3.63) is 144 Å². The molecule has 5 aliphatic heterocycles. The molecule has 4 aromatic carbocycles. The van der Waals surface area contributed by atoms with Crippen molar-refractivity contribution in [2.24, 2.45) is 0 Å². The van der Waals surface area contributed by atoms with Crippen molar-refractivity contribution in [3.8, 4) is 0 Å². The molecule has 0 bridgehead atoms. The van der Waals surface area contributed by atoms with Crippen molar-refractivity contribution in [1.29, 1.82) is 0 Å². The Hall–Kier alpha value is -3.60. The molecule has 0 radical (unpaired) electrons. The van der Waals surface area contributed by atoms with Gasteiger partial charge in [0.2, 0.25) is 0 Å². The van der Waals surface area contributed by atoms with Crippen LogP contribution in [0.4, 0.5) is 0 Å². The van der Waals surface area contributed by atoms with E-state index < -0.39 is 85.4 Å². The zero-order valence-electron chi connectivity index (χ0n) is 33.9. The van der Waals surface area contributed by atoms with Crippen LogP contribution in [0.5, 0.6) is 0 Å². The number of rotatable bonds is 13. The van der Waals surface area contributed by atoms with E-state index in [1.807, 2.05) is 149 Å². The van der Waals surface area contributed by atoms with Crippen molar-refractivity contribution >= 4 is 0 Å². The molecule has 0 saturated carbocycles. The monoisotopic (exact) mass is 810 g/mol. The van der Waals surface area contributed by atoms with Crippen molar-refractivity contribution in [2.75, 3.05) is 13.2 Å². The van der Waals surface area contributed by atoms with Crippen LogP contribution >= 0.6 is 0 Å². The van der Waals surface area contributed by atoms with Gasteiger partial charge in [0, 0.05) is 5.56 Å². The molecule has 4 aromatic rings. The van der Waals surface area contributed by atoms with Crippen LogP contribution in [0.25, 0.3) is 0 Å². The second-order valence-corrected chi connectivity index (χ2v) is 16.5. The van der Waals surface area contributed by atoms with Crippen LogP contribution < -0.4 is 0 Å². The van der Waals surface area contributed by atoms with E-state index in [1.165, 1.54) is 0 Å².